The number of benzene rings is 2. The number of methoxy groups -OCH3 is 2. The lowest BCUT2D eigenvalue weighted by molar-refractivity contribution is 0.0525. The molecular weight excluding hydrogens is 546 g/mol. The third kappa shape index (κ3) is 5.72. The summed E-state index contributed by atoms with van der Waals surface area (Å²) >= 11 is 6.05. The zero-order valence-corrected chi connectivity index (χ0v) is 23.7. The van der Waals surface area contributed by atoms with Crippen LogP contribution in [0.2, 0.25) is 5.02 Å². The summed E-state index contributed by atoms with van der Waals surface area (Å²) in [7, 11) is -0.704. The fraction of sp³-hybridized carbons (Fsp3) is 0.346. The van der Waals surface area contributed by atoms with E-state index in [0.717, 1.165) is 0 Å². The SMILES string of the molecule is CCOC(=O)c1c(C)nc(N2CCN(S(=O)(=O)c3ccc(N)c(Cl)c3)CC2)nc1-c1ccc(OC)c(OC)c1. The molecule has 1 aliphatic heterocycles. The molecule has 0 atom stereocenters. The van der Waals surface area contributed by atoms with Crippen LogP contribution in [-0.4, -0.2) is 75.7 Å². The first-order valence-corrected chi connectivity index (χ1v) is 14.0. The number of aryl methyl sites for hydroxylation is 1. The average molecular weight is 576 g/mol. The largest absolute Gasteiger partial charge is 0.493 e. The normalized spacial score (nSPS) is 14.2. The van der Waals surface area contributed by atoms with Crippen molar-refractivity contribution < 1.29 is 27.4 Å². The minimum absolute atomic E-state index is 0.0803. The number of esters is 1. The van der Waals surface area contributed by atoms with E-state index in [0.29, 0.717) is 53.2 Å². The van der Waals surface area contributed by atoms with Gasteiger partial charge in [0.25, 0.3) is 0 Å². The molecule has 0 amide bonds. The molecule has 1 fully saturated rings. The second-order valence-electron chi connectivity index (χ2n) is 8.70. The van der Waals surface area contributed by atoms with Gasteiger partial charge in [0.05, 0.1) is 47.8 Å². The zero-order valence-electron chi connectivity index (χ0n) is 22.1. The molecule has 0 radical (unpaired) electrons. The maximum Gasteiger partial charge on any atom is 0.342 e. The van der Waals surface area contributed by atoms with E-state index in [2.05, 4.69) is 4.98 Å². The van der Waals surface area contributed by atoms with E-state index < -0.39 is 16.0 Å². The number of hydrogen-bond donors (Lipinski definition) is 1. The van der Waals surface area contributed by atoms with Crippen molar-refractivity contribution in [2.45, 2.75) is 18.7 Å². The predicted molar refractivity (Wildman–Crippen MR) is 148 cm³/mol. The number of hydrogen-bond acceptors (Lipinski definition) is 10. The van der Waals surface area contributed by atoms with Crippen LogP contribution in [0.3, 0.4) is 0 Å². The Kier molecular flexibility index (Phi) is 8.48. The molecule has 0 aliphatic carbocycles. The Balaban J connectivity index is 1.66. The molecule has 11 nitrogen and oxygen atoms in total. The van der Waals surface area contributed by atoms with Crippen molar-refractivity contribution in [1.29, 1.82) is 0 Å². The van der Waals surface area contributed by atoms with Crippen LogP contribution in [0.25, 0.3) is 11.3 Å². The highest BCUT2D eigenvalue weighted by Crippen LogP contribution is 2.35. The number of anilines is 2. The fourth-order valence-corrected chi connectivity index (χ4v) is 5.98. The molecule has 1 saturated heterocycles. The molecule has 0 spiro atoms. The Morgan fingerprint density at radius 3 is 2.33 bits per heavy atom. The lowest BCUT2D eigenvalue weighted by Gasteiger charge is -2.34. The molecule has 208 valence electrons. The van der Waals surface area contributed by atoms with Crippen LogP contribution in [0.15, 0.2) is 41.3 Å². The lowest BCUT2D eigenvalue weighted by atomic mass is 10.0. The Morgan fingerprint density at radius 2 is 1.72 bits per heavy atom. The first-order chi connectivity index (χ1) is 18.6. The number of nitrogens with two attached hydrogens (primary N) is 1. The molecule has 1 aliphatic rings. The minimum atomic E-state index is -3.77. The van der Waals surface area contributed by atoms with E-state index in [-0.39, 0.29) is 35.2 Å². The van der Waals surface area contributed by atoms with Crippen LogP contribution in [0.1, 0.15) is 23.0 Å². The van der Waals surface area contributed by atoms with Crippen molar-refractivity contribution in [3.05, 3.63) is 52.7 Å². The molecule has 0 unspecified atom stereocenters. The maximum absolute atomic E-state index is 13.2. The van der Waals surface area contributed by atoms with E-state index in [1.165, 1.54) is 36.7 Å². The van der Waals surface area contributed by atoms with Crippen LogP contribution in [0.5, 0.6) is 11.5 Å². The molecule has 2 N–H and O–H groups in total. The number of nitrogens with zero attached hydrogens (tertiary/aromatic N) is 4. The average Bonchev–Trinajstić information content (AvgIpc) is 2.93. The van der Waals surface area contributed by atoms with Gasteiger partial charge in [-0.15, -0.1) is 0 Å². The van der Waals surface area contributed by atoms with E-state index in [4.69, 9.17) is 36.5 Å². The highest BCUT2D eigenvalue weighted by Gasteiger charge is 2.31. The van der Waals surface area contributed by atoms with Gasteiger partial charge in [0, 0.05) is 31.7 Å². The highest BCUT2D eigenvalue weighted by atomic mass is 35.5. The van der Waals surface area contributed by atoms with Crippen molar-refractivity contribution in [3.63, 3.8) is 0 Å². The summed E-state index contributed by atoms with van der Waals surface area (Å²) in [5.41, 5.74) is 7.72. The number of rotatable bonds is 8. The first-order valence-electron chi connectivity index (χ1n) is 12.2. The Hall–Kier alpha value is -3.61. The third-order valence-electron chi connectivity index (χ3n) is 6.35. The van der Waals surface area contributed by atoms with Crippen molar-refractivity contribution in [3.8, 4) is 22.8 Å². The monoisotopic (exact) mass is 575 g/mol. The summed E-state index contributed by atoms with van der Waals surface area (Å²) in [6, 6.07) is 9.51. The molecule has 4 rings (SSSR count). The number of ether oxygens (including phenoxy) is 3. The van der Waals surface area contributed by atoms with Crippen LogP contribution < -0.4 is 20.1 Å². The Bertz CT molecular complexity index is 1490. The second-order valence-corrected chi connectivity index (χ2v) is 11.0. The minimum Gasteiger partial charge on any atom is -0.493 e. The van der Waals surface area contributed by atoms with Gasteiger partial charge < -0.3 is 24.8 Å². The van der Waals surface area contributed by atoms with Gasteiger partial charge >= 0.3 is 5.97 Å². The maximum atomic E-state index is 13.2. The van der Waals surface area contributed by atoms with Crippen molar-refractivity contribution in [2.24, 2.45) is 0 Å². The van der Waals surface area contributed by atoms with E-state index in [9.17, 15) is 13.2 Å². The van der Waals surface area contributed by atoms with E-state index in [1.54, 1.807) is 32.0 Å². The Morgan fingerprint density at radius 1 is 1.03 bits per heavy atom. The predicted octanol–water partition coefficient (Wildman–Crippen LogP) is 3.39. The molecule has 0 saturated carbocycles. The van der Waals surface area contributed by atoms with Crippen LogP contribution in [0, 0.1) is 6.92 Å². The van der Waals surface area contributed by atoms with E-state index >= 15 is 0 Å². The zero-order chi connectivity index (χ0) is 28.3. The summed E-state index contributed by atoms with van der Waals surface area (Å²) in [5, 5.41) is 0.183. The van der Waals surface area contributed by atoms with Crippen LogP contribution in [0.4, 0.5) is 11.6 Å². The molecule has 13 heteroatoms. The number of piperazine rings is 1. The fourth-order valence-electron chi connectivity index (χ4n) is 4.29. The summed E-state index contributed by atoms with van der Waals surface area (Å²) in [6.45, 7) is 4.73. The number of carbonyl (C=O) groups is 1. The lowest BCUT2D eigenvalue weighted by Crippen LogP contribution is -2.49. The van der Waals surface area contributed by atoms with Gasteiger partial charge in [-0.25, -0.2) is 23.2 Å². The van der Waals surface area contributed by atoms with Gasteiger partial charge in [-0.1, -0.05) is 11.6 Å². The smallest absolute Gasteiger partial charge is 0.342 e. The quantitative estimate of drug-likeness (QED) is 0.314. The van der Waals surface area contributed by atoms with Gasteiger partial charge in [-0.05, 0) is 50.2 Å². The summed E-state index contributed by atoms with van der Waals surface area (Å²) in [6.07, 6.45) is 0. The van der Waals surface area contributed by atoms with E-state index in [1.807, 2.05) is 4.90 Å². The standard InChI is InChI=1S/C26H30ClN5O6S/c1-5-38-25(33)23-16(2)29-26(30-24(23)17-6-9-21(36-3)22(14-17)37-4)31-10-12-32(13-11-31)39(34,35)18-7-8-20(28)19(27)15-18/h6-9,14-15H,5,10-13,28H2,1-4H3. The van der Waals surface area contributed by atoms with Crippen molar-refractivity contribution in [1.82, 2.24) is 14.3 Å². The number of aromatic nitrogens is 2. The van der Waals surface area contributed by atoms with Crippen LogP contribution >= 0.6 is 11.6 Å². The number of sulfonamides is 1. The number of carbonyl (C=O) groups excluding carboxylic acids is 1. The molecule has 2 heterocycles. The van der Waals surface area contributed by atoms with Gasteiger partial charge in [0.1, 0.15) is 5.56 Å². The summed E-state index contributed by atoms with van der Waals surface area (Å²) < 4.78 is 43.8. The van der Waals surface area contributed by atoms with Gasteiger partial charge in [0.15, 0.2) is 11.5 Å². The van der Waals surface area contributed by atoms with Crippen LogP contribution in [-0.2, 0) is 14.8 Å². The summed E-state index contributed by atoms with van der Waals surface area (Å²) in [5.74, 6) is 0.844. The molecule has 39 heavy (non-hydrogen) atoms. The van der Waals surface area contributed by atoms with Gasteiger partial charge in [-0.2, -0.15) is 4.31 Å². The molecule has 3 aromatic rings. The Labute approximate surface area is 232 Å². The van der Waals surface area contributed by atoms with Gasteiger partial charge in [-0.3, -0.25) is 0 Å². The molecular formula is C26H30ClN5O6S. The first kappa shape index (κ1) is 28.4. The third-order valence-corrected chi connectivity index (χ3v) is 8.57. The summed E-state index contributed by atoms with van der Waals surface area (Å²) in [4.78, 5) is 24.2. The number of halogens is 1. The van der Waals surface area contributed by atoms with Crippen molar-refractivity contribution >= 4 is 39.2 Å². The highest BCUT2D eigenvalue weighted by molar-refractivity contribution is 7.89. The van der Waals surface area contributed by atoms with Crippen molar-refractivity contribution in [2.75, 3.05) is 57.6 Å². The second kappa shape index (κ2) is 11.6. The molecule has 0 bridgehead atoms. The number of nitrogen functional groups attached to an aromatic ring is 1. The van der Waals surface area contributed by atoms with Gasteiger partial charge in [0.2, 0.25) is 16.0 Å². The topological polar surface area (TPSA) is 137 Å². The molecule has 1 aromatic heterocycles. The molecule has 2 aromatic carbocycles.